The lowest BCUT2D eigenvalue weighted by Crippen LogP contribution is -2.08. The van der Waals surface area contributed by atoms with Crippen molar-refractivity contribution in [3.63, 3.8) is 0 Å². The zero-order valence-electron chi connectivity index (χ0n) is 10.7. The topological polar surface area (TPSA) is 48.3 Å². The van der Waals surface area contributed by atoms with Crippen molar-refractivity contribution >= 4 is 22.8 Å². The van der Waals surface area contributed by atoms with E-state index >= 15 is 0 Å². The third-order valence-electron chi connectivity index (χ3n) is 3.00. The van der Waals surface area contributed by atoms with Crippen LogP contribution >= 0.6 is 0 Å². The molecule has 0 unspecified atom stereocenters. The highest BCUT2D eigenvalue weighted by molar-refractivity contribution is 6.06. The number of nitrogens with zero attached hydrogens (tertiary/aromatic N) is 1. The summed E-state index contributed by atoms with van der Waals surface area (Å²) < 4.78 is 6.40. The van der Waals surface area contributed by atoms with Gasteiger partial charge in [0, 0.05) is 18.0 Å². The van der Waals surface area contributed by atoms with Crippen molar-refractivity contribution < 1.29 is 14.3 Å². The van der Waals surface area contributed by atoms with Crippen molar-refractivity contribution in [2.24, 2.45) is 0 Å². The molecule has 0 radical (unpaired) electrons. The predicted molar refractivity (Wildman–Crippen MR) is 69.0 cm³/mol. The maximum atomic E-state index is 11.7. The van der Waals surface area contributed by atoms with Crippen molar-refractivity contribution in [3.05, 3.63) is 35.5 Å². The number of carbonyl (C=O) groups excluding carboxylic acids is 2. The highest BCUT2D eigenvalue weighted by atomic mass is 16.5. The Hall–Kier alpha value is -2.10. The summed E-state index contributed by atoms with van der Waals surface area (Å²) >= 11 is 0. The molecule has 0 aliphatic rings. The van der Waals surface area contributed by atoms with Gasteiger partial charge in [-0.3, -0.25) is 9.36 Å². The van der Waals surface area contributed by atoms with Crippen LogP contribution in [0, 0.1) is 0 Å². The number of ether oxygens (including phenoxy) is 1. The summed E-state index contributed by atoms with van der Waals surface area (Å²) in [5.74, 6) is -0.437. The van der Waals surface area contributed by atoms with Gasteiger partial charge in [-0.05, 0) is 24.6 Å². The van der Waals surface area contributed by atoms with Gasteiger partial charge in [0.1, 0.15) is 0 Å². The molecule has 0 saturated heterocycles. The van der Waals surface area contributed by atoms with E-state index in [-0.39, 0.29) is 11.9 Å². The molecule has 0 atom stereocenters. The summed E-state index contributed by atoms with van der Waals surface area (Å²) in [6, 6.07) is 7.18. The van der Waals surface area contributed by atoms with Gasteiger partial charge >= 0.3 is 5.97 Å². The molecule has 0 spiro atoms. The fraction of sp³-hybridized carbons (Fsp3) is 0.286. The van der Waals surface area contributed by atoms with Gasteiger partial charge in [-0.2, -0.15) is 0 Å². The number of carbonyl (C=O) groups is 2. The molecule has 4 heteroatoms. The van der Waals surface area contributed by atoms with Gasteiger partial charge in [-0.15, -0.1) is 0 Å². The summed E-state index contributed by atoms with van der Waals surface area (Å²) in [5.41, 5.74) is 2.14. The van der Waals surface area contributed by atoms with Gasteiger partial charge in [0.25, 0.3) is 0 Å². The number of methoxy groups -OCH3 is 1. The zero-order chi connectivity index (χ0) is 13.3. The quantitative estimate of drug-likeness (QED) is 0.764. The standard InChI is InChI=1S/C14H15NO3/c1-4-10-8-12-11(14(17)18-3)6-5-7-13(12)15(10)9(2)16/h5-8H,4H2,1-3H3. The number of hydrogen-bond donors (Lipinski definition) is 0. The van der Waals surface area contributed by atoms with Gasteiger partial charge in [-0.25, -0.2) is 4.79 Å². The minimum atomic E-state index is -0.385. The maximum Gasteiger partial charge on any atom is 0.338 e. The second-order valence-corrected chi connectivity index (χ2v) is 4.07. The summed E-state index contributed by atoms with van der Waals surface area (Å²) in [6.45, 7) is 3.49. The average Bonchev–Trinajstić information content (AvgIpc) is 2.75. The molecule has 1 aromatic heterocycles. The Balaban J connectivity index is 2.80. The van der Waals surface area contributed by atoms with E-state index in [0.29, 0.717) is 5.56 Å². The molecule has 0 bridgehead atoms. The summed E-state index contributed by atoms with van der Waals surface area (Å²) in [6.07, 6.45) is 0.731. The largest absolute Gasteiger partial charge is 0.465 e. The molecular weight excluding hydrogens is 230 g/mol. The van der Waals surface area contributed by atoms with Gasteiger partial charge in [0.15, 0.2) is 0 Å². The Kier molecular flexibility index (Phi) is 3.19. The normalized spacial score (nSPS) is 10.6. The maximum absolute atomic E-state index is 11.7. The lowest BCUT2D eigenvalue weighted by Gasteiger charge is -2.05. The number of fused-ring (bicyclic) bond motifs is 1. The molecule has 0 saturated carbocycles. The first-order chi connectivity index (χ1) is 8.60. The molecule has 0 aliphatic heterocycles. The molecule has 4 nitrogen and oxygen atoms in total. The third kappa shape index (κ3) is 1.79. The van der Waals surface area contributed by atoms with Gasteiger partial charge < -0.3 is 4.74 Å². The lowest BCUT2D eigenvalue weighted by atomic mass is 10.1. The molecule has 1 aromatic carbocycles. The molecule has 18 heavy (non-hydrogen) atoms. The first-order valence-corrected chi connectivity index (χ1v) is 5.82. The first kappa shape index (κ1) is 12.4. The molecule has 94 valence electrons. The Morgan fingerprint density at radius 3 is 2.61 bits per heavy atom. The minimum Gasteiger partial charge on any atom is -0.465 e. The van der Waals surface area contributed by atoms with E-state index in [1.54, 1.807) is 16.7 Å². The third-order valence-corrected chi connectivity index (χ3v) is 3.00. The predicted octanol–water partition coefficient (Wildman–Crippen LogP) is 2.65. The number of rotatable bonds is 2. The van der Waals surface area contributed by atoms with Crippen LogP contribution < -0.4 is 0 Å². The van der Waals surface area contributed by atoms with Crippen LogP contribution in [0.25, 0.3) is 10.9 Å². The molecule has 0 fully saturated rings. The molecule has 0 N–H and O–H groups in total. The summed E-state index contributed by atoms with van der Waals surface area (Å²) in [7, 11) is 1.35. The molecule has 2 aromatic rings. The summed E-state index contributed by atoms with van der Waals surface area (Å²) in [5, 5.41) is 0.761. The van der Waals surface area contributed by atoms with Crippen LogP contribution in [0.3, 0.4) is 0 Å². The number of aryl methyl sites for hydroxylation is 1. The fourth-order valence-electron chi connectivity index (χ4n) is 2.21. The van der Waals surface area contributed by atoms with Crippen LogP contribution in [0.15, 0.2) is 24.3 Å². The van der Waals surface area contributed by atoms with Crippen LogP contribution in [0.5, 0.6) is 0 Å². The van der Waals surface area contributed by atoms with Crippen LogP contribution in [-0.2, 0) is 11.2 Å². The van der Waals surface area contributed by atoms with Gasteiger partial charge in [0.05, 0.1) is 18.2 Å². The summed E-state index contributed by atoms with van der Waals surface area (Å²) in [4.78, 5) is 23.4. The van der Waals surface area contributed by atoms with E-state index in [9.17, 15) is 9.59 Å². The van der Waals surface area contributed by atoms with E-state index in [1.165, 1.54) is 14.0 Å². The van der Waals surface area contributed by atoms with Crippen molar-refractivity contribution in [3.8, 4) is 0 Å². The van der Waals surface area contributed by atoms with Crippen LogP contribution in [0.4, 0.5) is 0 Å². The monoisotopic (exact) mass is 245 g/mol. The van der Waals surface area contributed by atoms with E-state index < -0.39 is 0 Å². The zero-order valence-corrected chi connectivity index (χ0v) is 10.7. The first-order valence-electron chi connectivity index (χ1n) is 5.82. The molecule has 0 amide bonds. The van der Waals surface area contributed by atoms with Gasteiger partial charge in [0.2, 0.25) is 5.91 Å². The van der Waals surface area contributed by atoms with E-state index in [2.05, 4.69) is 0 Å². The molecular formula is C14H15NO3. The van der Waals surface area contributed by atoms with Crippen LogP contribution in [0.1, 0.15) is 34.7 Å². The number of aromatic nitrogens is 1. The molecule has 2 rings (SSSR count). The smallest absolute Gasteiger partial charge is 0.338 e. The van der Waals surface area contributed by atoms with Crippen LogP contribution in [0.2, 0.25) is 0 Å². The molecule has 0 aliphatic carbocycles. The second kappa shape index (κ2) is 4.64. The van der Waals surface area contributed by atoms with Gasteiger partial charge in [-0.1, -0.05) is 13.0 Å². The van der Waals surface area contributed by atoms with E-state index in [1.807, 2.05) is 19.1 Å². The van der Waals surface area contributed by atoms with Crippen LogP contribution in [-0.4, -0.2) is 23.6 Å². The Morgan fingerprint density at radius 2 is 2.06 bits per heavy atom. The number of hydrogen-bond acceptors (Lipinski definition) is 3. The highest BCUT2D eigenvalue weighted by Gasteiger charge is 2.16. The fourth-order valence-corrected chi connectivity index (χ4v) is 2.21. The van der Waals surface area contributed by atoms with Crippen molar-refractivity contribution in [1.82, 2.24) is 4.57 Å². The van der Waals surface area contributed by atoms with E-state index in [0.717, 1.165) is 23.0 Å². The minimum absolute atomic E-state index is 0.0520. The Morgan fingerprint density at radius 1 is 1.33 bits per heavy atom. The lowest BCUT2D eigenvalue weighted by molar-refractivity contribution is 0.0602. The molecule has 1 heterocycles. The SMILES string of the molecule is CCc1cc2c(C(=O)OC)cccc2n1C(C)=O. The second-order valence-electron chi connectivity index (χ2n) is 4.07. The number of esters is 1. The highest BCUT2D eigenvalue weighted by Crippen LogP contribution is 2.24. The Labute approximate surface area is 105 Å². The average molecular weight is 245 g/mol. The van der Waals surface area contributed by atoms with Crippen molar-refractivity contribution in [1.29, 1.82) is 0 Å². The Bertz CT molecular complexity index is 625. The van der Waals surface area contributed by atoms with Crippen molar-refractivity contribution in [2.75, 3.05) is 7.11 Å². The van der Waals surface area contributed by atoms with Crippen molar-refractivity contribution in [2.45, 2.75) is 20.3 Å². The number of benzene rings is 1. The van der Waals surface area contributed by atoms with E-state index in [4.69, 9.17) is 4.74 Å².